The lowest BCUT2D eigenvalue weighted by Crippen LogP contribution is -2.36. The number of benzene rings is 2. The predicted octanol–water partition coefficient (Wildman–Crippen LogP) is 4.72. The van der Waals surface area contributed by atoms with Gasteiger partial charge in [0.25, 0.3) is 5.91 Å². The summed E-state index contributed by atoms with van der Waals surface area (Å²) < 4.78 is 12.0. The second-order valence-electron chi connectivity index (χ2n) is 8.03. The van der Waals surface area contributed by atoms with Gasteiger partial charge in [-0.2, -0.15) is 0 Å². The second kappa shape index (κ2) is 9.34. The Labute approximate surface area is 186 Å². The fourth-order valence-corrected chi connectivity index (χ4v) is 3.82. The molecule has 0 unspecified atom stereocenters. The summed E-state index contributed by atoms with van der Waals surface area (Å²) in [5.41, 5.74) is 1.10. The van der Waals surface area contributed by atoms with Crippen molar-refractivity contribution in [1.29, 1.82) is 0 Å². The Kier molecular flexibility index (Phi) is 6.80. The zero-order valence-corrected chi connectivity index (χ0v) is 19.2. The number of carbonyl (C=O) groups is 2. The van der Waals surface area contributed by atoms with Crippen molar-refractivity contribution in [3.05, 3.63) is 42.5 Å². The monoisotopic (exact) mass is 441 g/mol. The molecular weight excluding hydrogens is 414 g/mol. The van der Waals surface area contributed by atoms with Crippen molar-refractivity contribution in [2.24, 2.45) is 5.41 Å². The van der Waals surface area contributed by atoms with Crippen molar-refractivity contribution in [2.45, 2.75) is 27.7 Å². The molecule has 1 heterocycles. The fourth-order valence-electron chi connectivity index (χ4n) is 2.91. The van der Waals surface area contributed by atoms with Crippen LogP contribution in [0.5, 0.6) is 11.5 Å². The molecule has 0 radical (unpaired) electrons. The Morgan fingerprint density at radius 3 is 2.39 bits per heavy atom. The number of carbonyl (C=O) groups excluding carboxylic acids is 2. The van der Waals surface area contributed by atoms with Crippen LogP contribution in [0.3, 0.4) is 0 Å². The van der Waals surface area contributed by atoms with Gasteiger partial charge in [0.1, 0.15) is 11.5 Å². The molecule has 164 valence electrons. The largest absolute Gasteiger partial charge is 0.494 e. The standard InChI is InChI=1S/C23H27N3O4S/c1-6-29-17-11-12-18-19(13-17)31-22(24-18)25-20(27)14-30-16-9-7-15(8-10-16)26(5)21(28)23(2,3)4/h7-13H,6,14H2,1-5H3,(H,24,25,27). The number of hydrogen-bond donors (Lipinski definition) is 1. The van der Waals surface area contributed by atoms with E-state index in [1.54, 1.807) is 36.2 Å². The van der Waals surface area contributed by atoms with Gasteiger partial charge in [0.2, 0.25) is 5.91 Å². The Hall–Kier alpha value is -3.13. The van der Waals surface area contributed by atoms with Gasteiger partial charge in [-0.25, -0.2) is 4.98 Å². The van der Waals surface area contributed by atoms with Crippen LogP contribution in [0.4, 0.5) is 10.8 Å². The minimum absolute atomic E-state index is 0.0183. The van der Waals surface area contributed by atoms with Gasteiger partial charge >= 0.3 is 0 Å². The molecule has 3 rings (SSSR count). The topological polar surface area (TPSA) is 80.8 Å². The molecule has 31 heavy (non-hydrogen) atoms. The van der Waals surface area contributed by atoms with E-state index in [0.717, 1.165) is 21.7 Å². The van der Waals surface area contributed by atoms with Crippen molar-refractivity contribution in [3.8, 4) is 11.5 Å². The molecule has 0 bridgehead atoms. The molecule has 0 aliphatic heterocycles. The first-order valence-corrected chi connectivity index (χ1v) is 10.8. The zero-order valence-electron chi connectivity index (χ0n) is 18.4. The highest BCUT2D eigenvalue weighted by Crippen LogP contribution is 2.29. The van der Waals surface area contributed by atoms with Crippen LogP contribution in [0.1, 0.15) is 27.7 Å². The molecule has 7 nitrogen and oxygen atoms in total. The van der Waals surface area contributed by atoms with Crippen LogP contribution in [-0.2, 0) is 9.59 Å². The molecule has 0 aliphatic carbocycles. The van der Waals surface area contributed by atoms with E-state index < -0.39 is 5.41 Å². The van der Waals surface area contributed by atoms with Crippen molar-refractivity contribution in [1.82, 2.24) is 4.98 Å². The van der Waals surface area contributed by atoms with Crippen molar-refractivity contribution < 1.29 is 19.1 Å². The van der Waals surface area contributed by atoms with E-state index in [2.05, 4.69) is 10.3 Å². The number of rotatable bonds is 7. The lowest BCUT2D eigenvalue weighted by molar-refractivity contribution is -0.125. The zero-order chi connectivity index (χ0) is 22.6. The van der Waals surface area contributed by atoms with Gasteiger partial charge in [0.05, 0.1) is 16.8 Å². The molecule has 1 aromatic heterocycles. The number of amides is 2. The molecule has 3 aromatic rings. The van der Waals surface area contributed by atoms with Crippen LogP contribution < -0.4 is 19.7 Å². The predicted molar refractivity (Wildman–Crippen MR) is 124 cm³/mol. The number of thiazole rings is 1. The highest BCUT2D eigenvalue weighted by atomic mass is 32.1. The van der Waals surface area contributed by atoms with E-state index in [1.807, 2.05) is 45.9 Å². The first-order chi connectivity index (χ1) is 14.7. The van der Waals surface area contributed by atoms with Gasteiger partial charge in [-0.3, -0.25) is 14.9 Å². The van der Waals surface area contributed by atoms with Gasteiger partial charge in [0, 0.05) is 18.2 Å². The number of ether oxygens (including phenoxy) is 2. The fraction of sp³-hybridized carbons (Fsp3) is 0.348. The number of anilines is 2. The molecule has 8 heteroatoms. The van der Waals surface area contributed by atoms with E-state index in [9.17, 15) is 9.59 Å². The van der Waals surface area contributed by atoms with E-state index >= 15 is 0 Å². The normalized spacial score (nSPS) is 11.3. The molecule has 0 fully saturated rings. The summed E-state index contributed by atoms with van der Waals surface area (Å²) in [5.74, 6) is 1.04. The maximum Gasteiger partial charge on any atom is 0.264 e. The Morgan fingerprint density at radius 1 is 1.06 bits per heavy atom. The van der Waals surface area contributed by atoms with E-state index in [4.69, 9.17) is 9.47 Å². The van der Waals surface area contributed by atoms with Gasteiger partial charge in [-0.05, 0) is 49.4 Å². The summed E-state index contributed by atoms with van der Waals surface area (Å²) in [6, 6.07) is 12.7. The quantitative estimate of drug-likeness (QED) is 0.574. The highest BCUT2D eigenvalue weighted by molar-refractivity contribution is 7.22. The van der Waals surface area contributed by atoms with E-state index in [1.165, 1.54) is 11.3 Å². The summed E-state index contributed by atoms with van der Waals surface area (Å²) >= 11 is 1.38. The molecule has 0 saturated carbocycles. The van der Waals surface area contributed by atoms with Crippen molar-refractivity contribution in [3.63, 3.8) is 0 Å². The minimum Gasteiger partial charge on any atom is -0.494 e. The van der Waals surface area contributed by atoms with Crippen LogP contribution in [0.2, 0.25) is 0 Å². The number of nitrogens with one attached hydrogen (secondary N) is 1. The van der Waals surface area contributed by atoms with Crippen LogP contribution >= 0.6 is 11.3 Å². The van der Waals surface area contributed by atoms with Crippen LogP contribution in [0.25, 0.3) is 10.2 Å². The summed E-state index contributed by atoms with van der Waals surface area (Å²) in [4.78, 5) is 30.7. The molecule has 0 saturated heterocycles. The Balaban J connectivity index is 1.56. The maximum atomic E-state index is 12.4. The van der Waals surface area contributed by atoms with Gasteiger partial charge in [0.15, 0.2) is 11.7 Å². The first kappa shape index (κ1) is 22.6. The number of fused-ring (bicyclic) bond motifs is 1. The van der Waals surface area contributed by atoms with Crippen LogP contribution in [0.15, 0.2) is 42.5 Å². The number of hydrogen-bond acceptors (Lipinski definition) is 6. The average Bonchev–Trinajstić information content (AvgIpc) is 3.12. The van der Waals surface area contributed by atoms with Crippen LogP contribution in [-0.4, -0.2) is 37.1 Å². The third-order valence-corrected chi connectivity index (χ3v) is 5.39. The summed E-state index contributed by atoms with van der Waals surface area (Å²) in [5, 5.41) is 3.27. The molecule has 0 aliphatic rings. The molecule has 0 atom stereocenters. The lowest BCUT2D eigenvalue weighted by atomic mass is 9.95. The number of aromatic nitrogens is 1. The first-order valence-electron chi connectivity index (χ1n) is 10.0. The van der Waals surface area contributed by atoms with Gasteiger partial charge < -0.3 is 14.4 Å². The minimum atomic E-state index is -0.465. The van der Waals surface area contributed by atoms with E-state index in [-0.39, 0.29) is 18.4 Å². The van der Waals surface area contributed by atoms with Crippen molar-refractivity contribution >= 4 is 44.2 Å². The van der Waals surface area contributed by atoms with E-state index in [0.29, 0.717) is 17.5 Å². The molecule has 1 N–H and O–H groups in total. The summed E-state index contributed by atoms with van der Waals surface area (Å²) in [6.07, 6.45) is 0. The Bertz CT molecular complexity index is 1070. The third-order valence-electron chi connectivity index (χ3n) is 4.46. The van der Waals surface area contributed by atoms with Crippen LogP contribution in [0, 0.1) is 5.41 Å². The molecular formula is C23H27N3O4S. The SMILES string of the molecule is CCOc1ccc2nc(NC(=O)COc3ccc(N(C)C(=O)C(C)(C)C)cc3)sc2c1. The smallest absolute Gasteiger partial charge is 0.264 e. The lowest BCUT2D eigenvalue weighted by Gasteiger charge is -2.26. The summed E-state index contributed by atoms with van der Waals surface area (Å²) in [7, 11) is 1.74. The summed E-state index contributed by atoms with van der Waals surface area (Å²) in [6.45, 7) is 8.02. The molecule has 0 spiro atoms. The van der Waals surface area contributed by atoms with Gasteiger partial charge in [-0.15, -0.1) is 0 Å². The highest BCUT2D eigenvalue weighted by Gasteiger charge is 2.25. The molecule has 2 amide bonds. The molecule has 2 aromatic carbocycles. The average molecular weight is 442 g/mol. The van der Waals surface area contributed by atoms with Gasteiger partial charge in [-0.1, -0.05) is 32.1 Å². The maximum absolute atomic E-state index is 12.4. The Morgan fingerprint density at radius 2 is 1.74 bits per heavy atom. The second-order valence-corrected chi connectivity index (χ2v) is 9.06. The third kappa shape index (κ3) is 5.73. The number of nitrogens with zero attached hydrogens (tertiary/aromatic N) is 2. The van der Waals surface area contributed by atoms with Crippen molar-refractivity contribution in [2.75, 3.05) is 30.5 Å².